The summed E-state index contributed by atoms with van der Waals surface area (Å²) in [5.74, 6) is 0.0264. The highest BCUT2D eigenvalue weighted by atomic mass is 35.5. The van der Waals surface area contributed by atoms with Crippen molar-refractivity contribution in [3.63, 3.8) is 0 Å². The zero-order chi connectivity index (χ0) is 21.4. The quantitative estimate of drug-likeness (QED) is 0.478. The molecule has 0 saturated carbocycles. The molecule has 0 bridgehead atoms. The van der Waals surface area contributed by atoms with Gasteiger partial charge in [0.1, 0.15) is 11.8 Å². The van der Waals surface area contributed by atoms with Gasteiger partial charge in [-0.05, 0) is 28.3 Å². The van der Waals surface area contributed by atoms with Gasteiger partial charge >= 0.3 is 6.09 Å². The summed E-state index contributed by atoms with van der Waals surface area (Å²) >= 11 is 12.3. The highest BCUT2D eigenvalue weighted by Gasteiger charge is 2.33. The second-order valence-electron chi connectivity index (χ2n) is 7.75. The molecular formula is C24H22Cl3N3O2. The van der Waals surface area contributed by atoms with E-state index in [9.17, 15) is 4.79 Å². The Morgan fingerprint density at radius 3 is 2.38 bits per heavy atom. The standard InChI is InChI=1S/C24H21Cl2N3O2.ClH/c25-21-11-23(26)28-12-19(21)22-13-27-9-10-29(22)24(30)31-14-20-17-7-3-1-5-15(17)16-6-2-4-8-18(16)20;/h1-8,11-12,20,22,27H,9-10,13-14H2;1H. The molecule has 5 rings (SSSR count). The monoisotopic (exact) mass is 489 g/mol. The lowest BCUT2D eigenvalue weighted by atomic mass is 9.98. The number of nitrogens with one attached hydrogen (secondary N) is 1. The number of carbonyl (C=O) groups excluding carboxylic acids is 1. The molecule has 166 valence electrons. The van der Waals surface area contributed by atoms with Gasteiger partial charge in [-0.2, -0.15) is 0 Å². The van der Waals surface area contributed by atoms with Crippen molar-refractivity contribution < 1.29 is 9.53 Å². The number of aromatic nitrogens is 1. The maximum absolute atomic E-state index is 13.1. The van der Waals surface area contributed by atoms with Crippen molar-refractivity contribution in [2.75, 3.05) is 26.2 Å². The fourth-order valence-electron chi connectivity index (χ4n) is 4.54. The Balaban J connectivity index is 0.00000245. The summed E-state index contributed by atoms with van der Waals surface area (Å²) < 4.78 is 5.86. The highest BCUT2D eigenvalue weighted by Crippen LogP contribution is 2.44. The average molecular weight is 491 g/mol. The van der Waals surface area contributed by atoms with E-state index >= 15 is 0 Å². The fourth-order valence-corrected chi connectivity index (χ4v) is 5.03. The summed E-state index contributed by atoms with van der Waals surface area (Å²) in [7, 11) is 0. The number of halogens is 3. The molecule has 0 spiro atoms. The van der Waals surface area contributed by atoms with Gasteiger partial charge in [-0.25, -0.2) is 9.78 Å². The van der Waals surface area contributed by atoms with Crippen LogP contribution in [0.5, 0.6) is 0 Å². The fraction of sp³-hybridized carbons (Fsp3) is 0.250. The molecule has 2 heterocycles. The summed E-state index contributed by atoms with van der Waals surface area (Å²) in [6.07, 6.45) is 1.28. The normalized spacial score (nSPS) is 17.3. The van der Waals surface area contributed by atoms with E-state index in [-0.39, 0.29) is 37.1 Å². The number of rotatable bonds is 3. The summed E-state index contributed by atoms with van der Waals surface area (Å²) in [6.45, 7) is 2.09. The maximum atomic E-state index is 13.1. The van der Waals surface area contributed by atoms with Crippen LogP contribution in [-0.4, -0.2) is 42.2 Å². The smallest absolute Gasteiger partial charge is 0.410 e. The molecule has 1 fully saturated rings. The molecule has 1 aromatic heterocycles. The largest absolute Gasteiger partial charge is 0.448 e. The lowest BCUT2D eigenvalue weighted by Crippen LogP contribution is -2.49. The zero-order valence-corrected chi connectivity index (χ0v) is 19.5. The first-order valence-electron chi connectivity index (χ1n) is 10.3. The van der Waals surface area contributed by atoms with E-state index in [0.717, 1.165) is 5.56 Å². The van der Waals surface area contributed by atoms with Crippen LogP contribution in [0.25, 0.3) is 11.1 Å². The number of nitrogens with zero attached hydrogens (tertiary/aromatic N) is 2. The van der Waals surface area contributed by atoms with E-state index < -0.39 is 0 Å². The number of hydrogen-bond donors (Lipinski definition) is 1. The topological polar surface area (TPSA) is 54.5 Å². The molecule has 32 heavy (non-hydrogen) atoms. The third kappa shape index (κ3) is 4.18. The third-order valence-electron chi connectivity index (χ3n) is 6.02. The molecule has 1 aliphatic carbocycles. The van der Waals surface area contributed by atoms with E-state index in [1.165, 1.54) is 22.3 Å². The number of pyridine rings is 1. The average Bonchev–Trinajstić information content (AvgIpc) is 3.11. The number of piperazine rings is 1. The van der Waals surface area contributed by atoms with Crippen LogP contribution in [0.1, 0.15) is 28.7 Å². The summed E-state index contributed by atoms with van der Waals surface area (Å²) in [6, 6.07) is 17.9. The molecule has 1 saturated heterocycles. The van der Waals surface area contributed by atoms with Crippen molar-refractivity contribution >= 4 is 41.7 Å². The van der Waals surface area contributed by atoms with Crippen LogP contribution in [0.15, 0.2) is 60.8 Å². The zero-order valence-electron chi connectivity index (χ0n) is 17.1. The van der Waals surface area contributed by atoms with Crippen LogP contribution in [0.3, 0.4) is 0 Å². The lowest BCUT2D eigenvalue weighted by molar-refractivity contribution is 0.0752. The molecule has 2 aromatic carbocycles. The van der Waals surface area contributed by atoms with E-state index in [2.05, 4.69) is 34.6 Å². The van der Waals surface area contributed by atoms with Crippen molar-refractivity contribution in [3.8, 4) is 11.1 Å². The number of benzene rings is 2. The Morgan fingerprint density at radius 2 is 1.72 bits per heavy atom. The Kier molecular flexibility index (Phi) is 6.91. The summed E-state index contributed by atoms with van der Waals surface area (Å²) in [5.41, 5.74) is 5.56. The molecule has 3 aromatic rings. The van der Waals surface area contributed by atoms with Crippen LogP contribution in [0.4, 0.5) is 4.79 Å². The second-order valence-corrected chi connectivity index (χ2v) is 8.54. The van der Waals surface area contributed by atoms with Gasteiger partial charge in [0.15, 0.2) is 0 Å². The van der Waals surface area contributed by atoms with Crippen molar-refractivity contribution in [2.24, 2.45) is 0 Å². The predicted molar refractivity (Wildman–Crippen MR) is 129 cm³/mol. The van der Waals surface area contributed by atoms with Crippen LogP contribution in [-0.2, 0) is 4.74 Å². The van der Waals surface area contributed by atoms with Gasteiger partial charge < -0.3 is 10.1 Å². The van der Waals surface area contributed by atoms with Crippen molar-refractivity contribution in [3.05, 3.63) is 87.7 Å². The molecule has 8 heteroatoms. The molecule has 2 aliphatic rings. The minimum Gasteiger partial charge on any atom is -0.448 e. The van der Waals surface area contributed by atoms with Crippen molar-refractivity contribution in [1.82, 2.24) is 15.2 Å². The molecular weight excluding hydrogens is 469 g/mol. The Bertz CT molecular complexity index is 1100. The number of hydrogen-bond acceptors (Lipinski definition) is 4. The van der Waals surface area contributed by atoms with Gasteiger partial charge in [0, 0.05) is 37.3 Å². The first-order chi connectivity index (χ1) is 15.1. The van der Waals surface area contributed by atoms with Gasteiger partial charge in [0.05, 0.1) is 11.1 Å². The Morgan fingerprint density at radius 1 is 1.06 bits per heavy atom. The van der Waals surface area contributed by atoms with Crippen LogP contribution in [0.2, 0.25) is 10.2 Å². The SMILES string of the molecule is Cl.O=C(OCC1c2ccccc2-c2ccccc21)N1CCNCC1c1cnc(Cl)cc1Cl. The first-order valence-corrected chi connectivity index (χ1v) is 11.0. The molecule has 5 nitrogen and oxygen atoms in total. The number of ether oxygens (including phenoxy) is 1. The highest BCUT2D eigenvalue weighted by molar-refractivity contribution is 6.34. The minimum atomic E-state index is -0.348. The molecule has 1 N–H and O–H groups in total. The molecule has 1 amide bonds. The number of fused-ring (bicyclic) bond motifs is 3. The molecule has 1 atom stereocenters. The summed E-state index contributed by atoms with van der Waals surface area (Å²) in [4.78, 5) is 19.0. The van der Waals surface area contributed by atoms with E-state index in [1.807, 2.05) is 24.3 Å². The Hall–Kier alpha value is -2.31. The predicted octanol–water partition coefficient (Wildman–Crippen LogP) is 5.71. The van der Waals surface area contributed by atoms with E-state index in [0.29, 0.717) is 29.8 Å². The van der Waals surface area contributed by atoms with Crippen molar-refractivity contribution in [2.45, 2.75) is 12.0 Å². The first kappa shape index (κ1) is 22.9. The van der Waals surface area contributed by atoms with Gasteiger partial charge in [-0.15, -0.1) is 12.4 Å². The molecule has 1 aliphatic heterocycles. The van der Waals surface area contributed by atoms with Crippen LogP contribution < -0.4 is 5.32 Å². The maximum Gasteiger partial charge on any atom is 0.410 e. The molecule has 1 unspecified atom stereocenters. The number of amides is 1. The third-order valence-corrected chi connectivity index (χ3v) is 6.56. The summed E-state index contributed by atoms with van der Waals surface area (Å²) in [5, 5.41) is 4.13. The van der Waals surface area contributed by atoms with Gasteiger partial charge in [0.25, 0.3) is 0 Å². The number of carbonyl (C=O) groups is 1. The van der Waals surface area contributed by atoms with Gasteiger partial charge in [-0.3, -0.25) is 4.90 Å². The van der Waals surface area contributed by atoms with E-state index in [1.54, 1.807) is 17.2 Å². The van der Waals surface area contributed by atoms with Crippen molar-refractivity contribution in [1.29, 1.82) is 0 Å². The minimum absolute atomic E-state index is 0. The molecule has 0 radical (unpaired) electrons. The van der Waals surface area contributed by atoms with Crippen LogP contribution >= 0.6 is 35.6 Å². The van der Waals surface area contributed by atoms with Gasteiger partial charge in [0.2, 0.25) is 0 Å². The Labute approximate surface area is 203 Å². The van der Waals surface area contributed by atoms with E-state index in [4.69, 9.17) is 27.9 Å². The second kappa shape index (κ2) is 9.67. The lowest BCUT2D eigenvalue weighted by Gasteiger charge is -2.36. The van der Waals surface area contributed by atoms with Gasteiger partial charge in [-0.1, -0.05) is 71.7 Å². The van der Waals surface area contributed by atoms with Crippen LogP contribution in [0, 0.1) is 0 Å².